The Morgan fingerprint density at radius 3 is 2.45 bits per heavy atom. The summed E-state index contributed by atoms with van der Waals surface area (Å²) >= 11 is 0. The summed E-state index contributed by atoms with van der Waals surface area (Å²) in [6.07, 6.45) is 6.14. The van der Waals surface area contributed by atoms with Crippen LogP contribution in [0.25, 0.3) is 0 Å². The summed E-state index contributed by atoms with van der Waals surface area (Å²) in [4.78, 5) is 23.0. The number of hydrogen-bond donors (Lipinski definition) is 2. The number of likely N-dealkylation sites (tertiary alicyclic amines) is 1. The minimum Gasteiger partial charge on any atom is -0.379 e. The fourth-order valence-electron chi connectivity index (χ4n) is 3.74. The van der Waals surface area contributed by atoms with E-state index in [2.05, 4.69) is 32.3 Å². The van der Waals surface area contributed by atoms with E-state index in [1.54, 1.807) is 19.0 Å². The summed E-state index contributed by atoms with van der Waals surface area (Å²) in [7, 11) is 3.53. The van der Waals surface area contributed by atoms with Gasteiger partial charge >= 0.3 is 0 Å². The molecule has 8 heteroatoms. The van der Waals surface area contributed by atoms with Crippen LogP contribution < -0.4 is 10.6 Å². The van der Waals surface area contributed by atoms with E-state index in [0.29, 0.717) is 6.04 Å². The third-order valence-electron chi connectivity index (χ3n) is 5.79. The number of piperidine rings is 1. The number of carbonyl (C=O) groups excluding carboxylic acids is 1. The molecule has 29 heavy (non-hydrogen) atoms. The molecule has 0 aromatic carbocycles. The number of guanidine groups is 1. The summed E-state index contributed by atoms with van der Waals surface area (Å²) in [6.45, 7) is 11.4. The SMILES string of the molecule is CC(CCNC(=NCC(=O)N(C)C)NCCCN1CCOCC1)N1CCCCC1. The lowest BCUT2D eigenvalue weighted by Crippen LogP contribution is -2.43. The Balaban J connectivity index is 1.72. The van der Waals surface area contributed by atoms with E-state index >= 15 is 0 Å². The van der Waals surface area contributed by atoms with Gasteiger partial charge in [-0.15, -0.1) is 0 Å². The first kappa shape index (κ1) is 23.9. The largest absolute Gasteiger partial charge is 0.379 e. The highest BCUT2D eigenvalue weighted by atomic mass is 16.5. The van der Waals surface area contributed by atoms with Crippen LogP contribution in [0.1, 0.15) is 39.0 Å². The van der Waals surface area contributed by atoms with Gasteiger partial charge < -0.3 is 25.2 Å². The van der Waals surface area contributed by atoms with E-state index in [4.69, 9.17) is 4.74 Å². The van der Waals surface area contributed by atoms with E-state index in [0.717, 1.165) is 64.7 Å². The molecule has 168 valence electrons. The third kappa shape index (κ3) is 9.78. The molecule has 0 radical (unpaired) electrons. The predicted octanol–water partition coefficient (Wildman–Crippen LogP) is 0.597. The number of amides is 1. The predicted molar refractivity (Wildman–Crippen MR) is 118 cm³/mol. The average Bonchev–Trinajstić information content (AvgIpc) is 2.75. The maximum absolute atomic E-state index is 11.9. The van der Waals surface area contributed by atoms with Gasteiger partial charge in [0.15, 0.2) is 5.96 Å². The van der Waals surface area contributed by atoms with Gasteiger partial charge in [-0.05, 0) is 52.2 Å². The van der Waals surface area contributed by atoms with Crippen molar-refractivity contribution in [3.05, 3.63) is 0 Å². The van der Waals surface area contributed by atoms with Crippen LogP contribution >= 0.6 is 0 Å². The molecule has 1 unspecified atom stereocenters. The molecule has 0 aromatic heterocycles. The number of ether oxygens (including phenoxy) is 1. The molecule has 0 spiro atoms. The normalized spacial score (nSPS) is 20.3. The second-order valence-electron chi connectivity index (χ2n) is 8.35. The van der Waals surface area contributed by atoms with Gasteiger partial charge in [0.2, 0.25) is 5.91 Å². The first-order valence-corrected chi connectivity index (χ1v) is 11.3. The molecule has 0 aliphatic carbocycles. The quantitative estimate of drug-likeness (QED) is 0.312. The molecular weight excluding hydrogens is 368 g/mol. The molecule has 0 saturated carbocycles. The van der Waals surface area contributed by atoms with Crippen molar-refractivity contribution in [1.82, 2.24) is 25.3 Å². The number of carbonyl (C=O) groups is 1. The number of aliphatic imine (C=N–C) groups is 1. The zero-order valence-electron chi connectivity index (χ0n) is 18.8. The van der Waals surface area contributed by atoms with Crippen LogP contribution in [-0.4, -0.2) is 112 Å². The number of rotatable bonds is 10. The van der Waals surface area contributed by atoms with Crippen molar-refractivity contribution in [2.75, 3.05) is 79.7 Å². The van der Waals surface area contributed by atoms with Gasteiger partial charge in [0.05, 0.1) is 13.2 Å². The average molecular weight is 411 g/mol. The van der Waals surface area contributed by atoms with E-state index in [1.807, 2.05) is 0 Å². The highest BCUT2D eigenvalue weighted by Crippen LogP contribution is 2.13. The summed E-state index contributed by atoms with van der Waals surface area (Å²) in [5.74, 6) is 0.758. The Morgan fingerprint density at radius 2 is 1.76 bits per heavy atom. The van der Waals surface area contributed by atoms with Crippen LogP contribution in [0, 0.1) is 0 Å². The molecular formula is C21H42N6O2. The van der Waals surface area contributed by atoms with E-state index < -0.39 is 0 Å². The zero-order chi connectivity index (χ0) is 20.9. The molecule has 8 nitrogen and oxygen atoms in total. The lowest BCUT2D eigenvalue weighted by Gasteiger charge is -2.32. The number of hydrogen-bond acceptors (Lipinski definition) is 5. The van der Waals surface area contributed by atoms with Crippen molar-refractivity contribution in [3.63, 3.8) is 0 Å². The molecule has 0 bridgehead atoms. The molecule has 1 amide bonds. The van der Waals surface area contributed by atoms with Crippen molar-refractivity contribution < 1.29 is 9.53 Å². The molecule has 2 N–H and O–H groups in total. The van der Waals surface area contributed by atoms with Gasteiger partial charge in [-0.3, -0.25) is 9.69 Å². The molecule has 1 atom stereocenters. The molecule has 2 aliphatic heterocycles. The number of likely N-dealkylation sites (N-methyl/N-ethyl adjacent to an activating group) is 1. The lowest BCUT2D eigenvalue weighted by molar-refractivity contribution is -0.127. The van der Waals surface area contributed by atoms with Crippen molar-refractivity contribution >= 4 is 11.9 Å². The van der Waals surface area contributed by atoms with Crippen molar-refractivity contribution in [2.24, 2.45) is 4.99 Å². The van der Waals surface area contributed by atoms with Crippen LogP contribution in [0.3, 0.4) is 0 Å². The fraction of sp³-hybridized carbons (Fsp3) is 0.905. The van der Waals surface area contributed by atoms with Crippen LogP contribution in [-0.2, 0) is 9.53 Å². The number of nitrogens with one attached hydrogen (secondary N) is 2. The van der Waals surface area contributed by atoms with Crippen LogP contribution in [0.2, 0.25) is 0 Å². The maximum atomic E-state index is 11.9. The first-order chi connectivity index (χ1) is 14.1. The first-order valence-electron chi connectivity index (χ1n) is 11.3. The highest BCUT2D eigenvalue weighted by molar-refractivity contribution is 5.84. The summed E-state index contributed by atoms with van der Waals surface area (Å²) in [5, 5.41) is 6.83. The molecule has 2 saturated heterocycles. The monoisotopic (exact) mass is 410 g/mol. The van der Waals surface area contributed by atoms with Crippen molar-refractivity contribution in [2.45, 2.75) is 45.1 Å². The Bertz CT molecular complexity index is 488. The molecule has 2 heterocycles. The fourth-order valence-corrected chi connectivity index (χ4v) is 3.74. The molecule has 2 aliphatic rings. The third-order valence-corrected chi connectivity index (χ3v) is 5.79. The summed E-state index contributed by atoms with van der Waals surface area (Å²) in [6, 6.07) is 0.578. The standard InChI is InChI=1S/C21H42N6O2/c1-19(27-12-5-4-6-13-27)8-10-23-21(24-18-20(28)25(2)3)22-9-7-11-26-14-16-29-17-15-26/h19H,4-18H2,1-3H3,(H2,22,23,24). The van der Waals surface area contributed by atoms with Gasteiger partial charge in [0.25, 0.3) is 0 Å². The Labute approximate surface area is 177 Å². The zero-order valence-corrected chi connectivity index (χ0v) is 18.8. The van der Waals surface area contributed by atoms with Crippen LogP contribution in [0.15, 0.2) is 4.99 Å². The minimum absolute atomic E-state index is 0.0149. The van der Waals surface area contributed by atoms with Gasteiger partial charge in [0.1, 0.15) is 6.54 Å². The Kier molecular flexibility index (Phi) is 11.3. The van der Waals surface area contributed by atoms with E-state index in [9.17, 15) is 4.79 Å². The van der Waals surface area contributed by atoms with Gasteiger partial charge in [0, 0.05) is 46.3 Å². The smallest absolute Gasteiger partial charge is 0.243 e. The second-order valence-corrected chi connectivity index (χ2v) is 8.35. The molecule has 2 rings (SSSR count). The second kappa shape index (κ2) is 13.8. The minimum atomic E-state index is 0.0149. The van der Waals surface area contributed by atoms with Crippen molar-refractivity contribution in [3.8, 4) is 0 Å². The topological polar surface area (TPSA) is 72.4 Å². The molecule has 0 aromatic rings. The molecule has 2 fully saturated rings. The lowest BCUT2D eigenvalue weighted by atomic mass is 10.1. The van der Waals surface area contributed by atoms with E-state index in [-0.39, 0.29) is 12.5 Å². The van der Waals surface area contributed by atoms with Gasteiger partial charge in [-0.25, -0.2) is 4.99 Å². The van der Waals surface area contributed by atoms with Gasteiger partial charge in [-0.2, -0.15) is 0 Å². The van der Waals surface area contributed by atoms with Gasteiger partial charge in [-0.1, -0.05) is 6.42 Å². The number of morpholine rings is 1. The van der Waals surface area contributed by atoms with Crippen molar-refractivity contribution in [1.29, 1.82) is 0 Å². The Hall–Kier alpha value is -1.38. The van der Waals surface area contributed by atoms with Crippen LogP contribution in [0.5, 0.6) is 0 Å². The highest BCUT2D eigenvalue weighted by Gasteiger charge is 2.16. The van der Waals surface area contributed by atoms with Crippen LogP contribution in [0.4, 0.5) is 0 Å². The summed E-state index contributed by atoms with van der Waals surface area (Å²) < 4.78 is 5.40. The number of nitrogens with zero attached hydrogens (tertiary/aromatic N) is 4. The van der Waals surface area contributed by atoms with E-state index in [1.165, 1.54) is 32.4 Å². The maximum Gasteiger partial charge on any atom is 0.243 e. The Morgan fingerprint density at radius 1 is 1.07 bits per heavy atom. The summed E-state index contributed by atoms with van der Waals surface area (Å²) in [5.41, 5.74) is 0.